The molecule has 2 saturated heterocycles. The lowest BCUT2D eigenvalue weighted by Crippen LogP contribution is -2.52. The molecule has 102 valence electrons. The molecule has 0 radical (unpaired) electrons. The van der Waals surface area contributed by atoms with Crippen molar-refractivity contribution in [3.05, 3.63) is 0 Å². The summed E-state index contributed by atoms with van der Waals surface area (Å²) in [6.07, 6.45) is 3.56. The number of likely N-dealkylation sites (tertiary alicyclic amines) is 2. The van der Waals surface area contributed by atoms with E-state index >= 15 is 0 Å². The third-order valence-corrected chi connectivity index (χ3v) is 4.11. The first-order chi connectivity index (χ1) is 8.52. The molecule has 2 aliphatic heterocycles. The Kier molecular flexibility index (Phi) is 3.90. The molecule has 5 nitrogen and oxygen atoms in total. The van der Waals surface area contributed by atoms with Gasteiger partial charge in [-0.25, -0.2) is 0 Å². The molecule has 0 aromatic rings. The van der Waals surface area contributed by atoms with Crippen molar-refractivity contribution in [2.24, 2.45) is 5.73 Å². The van der Waals surface area contributed by atoms with Crippen molar-refractivity contribution < 1.29 is 9.59 Å². The predicted octanol–water partition coefficient (Wildman–Crippen LogP) is 0.336. The molecule has 0 saturated carbocycles. The van der Waals surface area contributed by atoms with E-state index in [0.29, 0.717) is 12.6 Å². The highest BCUT2D eigenvalue weighted by Gasteiger charge is 2.40. The van der Waals surface area contributed by atoms with E-state index in [1.807, 2.05) is 0 Å². The summed E-state index contributed by atoms with van der Waals surface area (Å²) < 4.78 is 0. The van der Waals surface area contributed by atoms with Gasteiger partial charge in [0.15, 0.2) is 0 Å². The Morgan fingerprint density at radius 3 is 2.33 bits per heavy atom. The zero-order valence-electron chi connectivity index (χ0n) is 11.3. The zero-order valence-corrected chi connectivity index (χ0v) is 11.3. The van der Waals surface area contributed by atoms with Crippen LogP contribution in [0, 0.1) is 0 Å². The number of primary amides is 1. The Balaban J connectivity index is 2.08. The fourth-order valence-electron chi connectivity index (χ4n) is 3.19. The van der Waals surface area contributed by atoms with E-state index in [-0.39, 0.29) is 23.9 Å². The second-order valence-electron chi connectivity index (χ2n) is 5.58. The molecule has 2 rings (SSSR count). The van der Waals surface area contributed by atoms with Crippen molar-refractivity contribution in [1.29, 1.82) is 0 Å². The van der Waals surface area contributed by atoms with Gasteiger partial charge in [0.1, 0.15) is 6.04 Å². The van der Waals surface area contributed by atoms with Gasteiger partial charge in [-0.2, -0.15) is 0 Å². The van der Waals surface area contributed by atoms with Crippen molar-refractivity contribution in [3.63, 3.8) is 0 Å². The SMILES string of the molecule is CC(C)N1CCC[C@H]1C(=O)N1CCC[C@H]1C(N)=O. The van der Waals surface area contributed by atoms with Crippen molar-refractivity contribution in [2.75, 3.05) is 13.1 Å². The minimum atomic E-state index is -0.382. The van der Waals surface area contributed by atoms with Gasteiger partial charge in [0.25, 0.3) is 0 Å². The number of carbonyl (C=O) groups excluding carboxylic acids is 2. The van der Waals surface area contributed by atoms with E-state index in [9.17, 15) is 9.59 Å². The predicted molar refractivity (Wildman–Crippen MR) is 68.8 cm³/mol. The number of nitrogens with two attached hydrogens (primary N) is 1. The largest absolute Gasteiger partial charge is 0.368 e. The number of nitrogens with zero attached hydrogens (tertiary/aromatic N) is 2. The first-order valence-electron chi connectivity index (χ1n) is 6.88. The van der Waals surface area contributed by atoms with Crippen molar-refractivity contribution >= 4 is 11.8 Å². The summed E-state index contributed by atoms with van der Waals surface area (Å²) >= 11 is 0. The average Bonchev–Trinajstić information content (AvgIpc) is 2.97. The minimum Gasteiger partial charge on any atom is -0.368 e. The summed E-state index contributed by atoms with van der Waals surface area (Å²) in [5.74, 6) is -0.266. The number of hydrogen-bond acceptors (Lipinski definition) is 3. The van der Waals surface area contributed by atoms with Gasteiger partial charge in [-0.05, 0) is 46.1 Å². The van der Waals surface area contributed by atoms with E-state index in [0.717, 1.165) is 32.2 Å². The molecule has 2 fully saturated rings. The maximum atomic E-state index is 12.6. The summed E-state index contributed by atoms with van der Waals surface area (Å²) in [6, 6.07) is -0.0619. The Hall–Kier alpha value is -1.10. The Bertz CT molecular complexity index is 343. The normalized spacial score (nSPS) is 29.2. The summed E-state index contributed by atoms with van der Waals surface area (Å²) in [5.41, 5.74) is 5.37. The van der Waals surface area contributed by atoms with Crippen LogP contribution in [0.25, 0.3) is 0 Å². The molecule has 0 unspecified atom stereocenters. The van der Waals surface area contributed by atoms with Crippen LogP contribution in [0.2, 0.25) is 0 Å². The van der Waals surface area contributed by atoms with Crippen LogP contribution in [0.15, 0.2) is 0 Å². The fourth-order valence-corrected chi connectivity index (χ4v) is 3.19. The lowest BCUT2D eigenvalue weighted by atomic mass is 10.1. The lowest BCUT2D eigenvalue weighted by molar-refractivity contribution is -0.141. The van der Waals surface area contributed by atoms with Crippen LogP contribution in [0.1, 0.15) is 39.5 Å². The smallest absolute Gasteiger partial charge is 0.240 e. The van der Waals surface area contributed by atoms with E-state index in [2.05, 4.69) is 18.7 Å². The third kappa shape index (κ3) is 2.36. The van der Waals surface area contributed by atoms with Crippen LogP contribution in [0.5, 0.6) is 0 Å². The molecule has 0 aromatic heterocycles. The zero-order chi connectivity index (χ0) is 13.3. The van der Waals surface area contributed by atoms with Crippen LogP contribution in [0.3, 0.4) is 0 Å². The maximum absolute atomic E-state index is 12.6. The number of rotatable bonds is 3. The quantitative estimate of drug-likeness (QED) is 0.788. The van der Waals surface area contributed by atoms with E-state index in [4.69, 9.17) is 5.73 Å². The lowest BCUT2D eigenvalue weighted by Gasteiger charge is -2.32. The van der Waals surface area contributed by atoms with Crippen LogP contribution >= 0.6 is 0 Å². The topological polar surface area (TPSA) is 66.6 Å². The van der Waals surface area contributed by atoms with Crippen molar-refractivity contribution in [3.8, 4) is 0 Å². The van der Waals surface area contributed by atoms with Gasteiger partial charge in [0.2, 0.25) is 11.8 Å². The van der Waals surface area contributed by atoms with Crippen LogP contribution in [-0.4, -0.2) is 52.8 Å². The van der Waals surface area contributed by atoms with Gasteiger partial charge in [-0.3, -0.25) is 14.5 Å². The second-order valence-corrected chi connectivity index (χ2v) is 5.58. The number of amides is 2. The summed E-state index contributed by atoms with van der Waals surface area (Å²) in [5, 5.41) is 0. The molecule has 0 aromatic carbocycles. The molecular weight excluding hydrogens is 230 g/mol. The molecule has 0 bridgehead atoms. The Morgan fingerprint density at radius 1 is 1.11 bits per heavy atom. The van der Waals surface area contributed by atoms with Crippen molar-refractivity contribution in [2.45, 2.75) is 57.7 Å². The van der Waals surface area contributed by atoms with E-state index in [1.165, 1.54) is 0 Å². The molecule has 18 heavy (non-hydrogen) atoms. The van der Waals surface area contributed by atoms with E-state index < -0.39 is 0 Å². The fraction of sp³-hybridized carbons (Fsp3) is 0.846. The summed E-state index contributed by atoms with van der Waals surface area (Å²) in [6.45, 7) is 5.88. The molecule has 2 amide bonds. The van der Waals surface area contributed by atoms with Gasteiger partial charge >= 0.3 is 0 Å². The molecular formula is C13H23N3O2. The van der Waals surface area contributed by atoms with Gasteiger partial charge < -0.3 is 10.6 Å². The molecule has 2 atom stereocenters. The number of carbonyl (C=O) groups is 2. The molecule has 2 aliphatic rings. The highest BCUT2D eigenvalue weighted by atomic mass is 16.2. The highest BCUT2D eigenvalue weighted by molar-refractivity contribution is 5.89. The Morgan fingerprint density at radius 2 is 1.72 bits per heavy atom. The van der Waals surface area contributed by atoms with Gasteiger partial charge in [-0.15, -0.1) is 0 Å². The standard InChI is InChI=1S/C13H23N3O2/c1-9(2)15-7-4-6-11(15)13(18)16-8-3-5-10(16)12(14)17/h9-11H,3-8H2,1-2H3,(H2,14,17)/t10-,11-/m0/s1. The first-order valence-corrected chi connectivity index (χ1v) is 6.88. The molecule has 2 N–H and O–H groups in total. The molecule has 0 aliphatic carbocycles. The van der Waals surface area contributed by atoms with Gasteiger partial charge in [0.05, 0.1) is 6.04 Å². The maximum Gasteiger partial charge on any atom is 0.240 e. The third-order valence-electron chi connectivity index (χ3n) is 4.11. The second kappa shape index (κ2) is 5.26. The van der Waals surface area contributed by atoms with Gasteiger partial charge in [-0.1, -0.05) is 0 Å². The average molecular weight is 253 g/mol. The molecule has 5 heteroatoms. The molecule has 0 spiro atoms. The van der Waals surface area contributed by atoms with Crippen LogP contribution in [0.4, 0.5) is 0 Å². The summed E-state index contributed by atoms with van der Waals surface area (Å²) in [7, 11) is 0. The van der Waals surface area contributed by atoms with E-state index in [1.54, 1.807) is 4.90 Å². The minimum absolute atomic E-state index is 0.0510. The van der Waals surface area contributed by atoms with Crippen LogP contribution in [-0.2, 0) is 9.59 Å². The monoisotopic (exact) mass is 253 g/mol. The Labute approximate surface area is 108 Å². The number of hydrogen-bond donors (Lipinski definition) is 1. The molecule has 2 heterocycles. The highest BCUT2D eigenvalue weighted by Crippen LogP contribution is 2.25. The first kappa shape index (κ1) is 13.3. The van der Waals surface area contributed by atoms with Gasteiger partial charge in [0, 0.05) is 12.6 Å². The summed E-state index contributed by atoms with van der Waals surface area (Å²) in [4.78, 5) is 27.9. The van der Waals surface area contributed by atoms with Crippen molar-refractivity contribution in [1.82, 2.24) is 9.80 Å². The van der Waals surface area contributed by atoms with Crippen LogP contribution < -0.4 is 5.73 Å².